The topological polar surface area (TPSA) is 38.3 Å². The van der Waals surface area contributed by atoms with Crippen LogP contribution in [0.25, 0.3) is 0 Å². The van der Waals surface area contributed by atoms with Crippen LogP contribution in [0.2, 0.25) is 0 Å². The quantitative estimate of drug-likeness (QED) is 0.915. The number of carbonyl (C=O) groups excluding carboxylic acids is 1. The van der Waals surface area contributed by atoms with Crippen molar-refractivity contribution in [1.82, 2.24) is 5.32 Å². The Morgan fingerprint density at radius 2 is 2.05 bits per heavy atom. The Kier molecular flexibility index (Phi) is 4.16. The largest absolute Gasteiger partial charge is 0.386 e. The Morgan fingerprint density at radius 3 is 2.80 bits per heavy atom. The van der Waals surface area contributed by atoms with Crippen LogP contribution in [-0.4, -0.2) is 25.0 Å². The summed E-state index contributed by atoms with van der Waals surface area (Å²) in [6, 6.07) is 10.3. The van der Waals surface area contributed by atoms with Crippen LogP contribution < -0.4 is 5.32 Å². The predicted octanol–water partition coefficient (Wildman–Crippen LogP) is 2.79. The van der Waals surface area contributed by atoms with Crippen LogP contribution in [0, 0.1) is 0 Å². The Hall–Kier alpha value is -1.61. The van der Waals surface area contributed by atoms with Crippen molar-refractivity contribution in [2.24, 2.45) is 0 Å². The molecule has 3 heteroatoms. The van der Waals surface area contributed by atoms with E-state index in [0.29, 0.717) is 18.4 Å². The van der Waals surface area contributed by atoms with Crippen LogP contribution in [-0.2, 0) is 9.53 Å². The number of allylic oxidation sites excluding steroid dienone is 2. The Bertz CT molecular complexity index is 489. The molecule has 1 aliphatic heterocycles. The van der Waals surface area contributed by atoms with Gasteiger partial charge in [-0.3, -0.25) is 4.79 Å². The van der Waals surface area contributed by atoms with Crippen molar-refractivity contribution in [2.75, 3.05) is 13.2 Å². The molecule has 0 radical (unpaired) electrons. The zero-order valence-corrected chi connectivity index (χ0v) is 11.7. The monoisotopic (exact) mass is 271 g/mol. The van der Waals surface area contributed by atoms with Crippen molar-refractivity contribution in [3.05, 3.63) is 47.7 Å². The lowest BCUT2D eigenvalue weighted by Gasteiger charge is -2.24. The number of carbonyl (C=O) groups is 1. The molecule has 1 heterocycles. The third kappa shape index (κ3) is 3.28. The highest BCUT2D eigenvalue weighted by Crippen LogP contribution is 2.30. The molecular formula is C17H21NO2. The Labute approximate surface area is 120 Å². The fourth-order valence-electron chi connectivity index (χ4n) is 3.03. The van der Waals surface area contributed by atoms with Gasteiger partial charge in [-0.1, -0.05) is 30.3 Å². The third-order valence-corrected chi connectivity index (χ3v) is 4.10. The molecule has 2 aliphatic rings. The van der Waals surface area contributed by atoms with Crippen molar-refractivity contribution in [3.8, 4) is 0 Å². The maximum Gasteiger partial charge on any atom is 0.158 e. The van der Waals surface area contributed by atoms with E-state index >= 15 is 0 Å². The van der Waals surface area contributed by atoms with E-state index < -0.39 is 0 Å². The third-order valence-electron chi connectivity index (χ3n) is 4.10. The van der Waals surface area contributed by atoms with Crippen LogP contribution in [0.1, 0.15) is 37.2 Å². The predicted molar refractivity (Wildman–Crippen MR) is 78.5 cm³/mol. The molecule has 1 saturated heterocycles. The van der Waals surface area contributed by atoms with Crippen LogP contribution in [0.5, 0.6) is 0 Å². The van der Waals surface area contributed by atoms with Gasteiger partial charge >= 0.3 is 0 Å². The molecule has 0 amide bonds. The van der Waals surface area contributed by atoms with E-state index in [0.717, 1.165) is 38.1 Å². The summed E-state index contributed by atoms with van der Waals surface area (Å²) in [6.07, 6.45) is 5.89. The molecule has 1 aliphatic carbocycles. The molecule has 20 heavy (non-hydrogen) atoms. The summed E-state index contributed by atoms with van der Waals surface area (Å²) in [7, 11) is 0. The molecular weight excluding hydrogens is 250 g/mol. The molecule has 1 fully saturated rings. The smallest absolute Gasteiger partial charge is 0.158 e. The average Bonchev–Trinajstić information content (AvgIpc) is 2.99. The van der Waals surface area contributed by atoms with E-state index in [9.17, 15) is 4.79 Å². The minimum Gasteiger partial charge on any atom is -0.386 e. The summed E-state index contributed by atoms with van der Waals surface area (Å²) in [5.74, 6) is 0.528. The molecule has 0 aromatic heterocycles. The molecule has 0 unspecified atom stereocenters. The van der Waals surface area contributed by atoms with Crippen LogP contribution in [0.3, 0.4) is 0 Å². The van der Waals surface area contributed by atoms with E-state index in [2.05, 4.69) is 17.4 Å². The second-order valence-electron chi connectivity index (χ2n) is 5.67. The Morgan fingerprint density at radius 1 is 1.20 bits per heavy atom. The first-order valence-corrected chi connectivity index (χ1v) is 7.45. The zero-order valence-electron chi connectivity index (χ0n) is 11.7. The van der Waals surface area contributed by atoms with Gasteiger partial charge in [0.25, 0.3) is 0 Å². The first-order chi connectivity index (χ1) is 9.81. The van der Waals surface area contributed by atoms with Crippen molar-refractivity contribution < 1.29 is 9.53 Å². The first kappa shape index (κ1) is 13.4. The van der Waals surface area contributed by atoms with Gasteiger partial charge in [0.15, 0.2) is 5.78 Å². The molecule has 1 aromatic rings. The second kappa shape index (κ2) is 6.23. The molecule has 1 N–H and O–H groups in total. The molecule has 3 rings (SSSR count). The summed E-state index contributed by atoms with van der Waals surface area (Å²) in [5, 5.41) is 3.41. The Balaban J connectivity index is 1.61. The van der Waals surface area contributed by atoms with E-state index in [-0.39, 0.29) is 5.78 Å². The molecule has 0 bridgehead atoms. The summed E-state index contributed by atoms with van der Waals surface area (Å²) in [4.78, 5) is 11.9. The highest BCUT2D eigenvalue weighted by Gasteiger charge is 2.23. The zero-order chi connectivity index (χ0) is 13.8. The van der Waals surface area contributed by atoms with Crippen molar-refractivity contribution in [2.45, 2.75) is 37.7 Å². The number of benzene rings is 1. The van der Waals surface area contributed by atoms with Gasteiger partial charge in [-0.15, -0.1) is 0 Å². The SMILES string of the molecule is O=C1C=C(NC[C@H]2CCCO2)C[C@H](c2ccccc2)C1. The van der Waals surface area contributed by atoms with Gasteiger partial charge in [0, 0.05) is 31.3 Å². The van der Waals surface area contributed by atoms with Crippen molar-refractivity contribution >= 4 is 5.78 Å². The second-order valence-corrected chi connectivity index (χ2v) is 5.67. The van der Waals surface area contributed by atoms with Gasteiger partial charge in [-0.2, -0.15) is 0 Å². The summed E-state index contributed by atoms with van der Waals surface area (Å²) in [5.41, 5.74) is 2.32. The standard InChI is InChI=1S/C17H21NO2/c19-16-10-14(13-5-2-1-3-6-13)9-15(11-16)18-12-17-7-4-8-20-17/h1-3,5-6,11,14,17-18H,4,7-10,12H2/t14-,17+/m0/s1. The fraction of sp³-hybridized carbons (Fsp3) is 0.471. The minimum atomic E-state index is 0.222. The highest BCUT2D eigenvalue weighted by molar-refractivity contribution is 5.91. The lowest BCUT2D eigenvalue weighted by Crippen LogP contribution is -2.29. The molecule has 1 aromatic carbocycles. The normalized spacial score (nSPS) is 26.4. The van der Waals surface area contributed by atoms with E-state index in [1.165, 1.54) is 5.56 Å². The lowest BCUT2D eigenvalue weighted by molar-refractivity contribution is -0.115. The maximum atomic E-state index is 11.9. The first-order valence-electron chi connectivity index (χ1n) is 7.45. The lowest BCUT2D eigenvalue weighted by atomic mass is 9.85. The number of ether oxygens (including phenoxy) is 1. The highest BCUT2D eigenvalue weighted by atomic mass is 16.5. The summed E-state index contributed by atoms with van der Waals surface area (Å²) < 4.78 is 5.61. The van der Waals surface area contributed by atoms with Gasteiger partial charge in [0.1, 0.15) is 0 Å². The molecule has 3 nitrogen and oxygen atoms in total. The van der Waals surface area contributed by atoms with E-state index in [1.807, 2.05) is 18.2 Å². The van der Waals surface area contributed by atoms with Gasteiger partial charge in [-0.25, -0.2) is 0 Å². The average molecular weight is 271 g/mol. The van der Waals surface area contributed by atoms with Gasteiger partial charge in [0.2, 0.25) is 0 Å². The number of nitrogens with one attached hydrogen (secondary N) is 1. The van der Waals surface area contributed by atoms with Crippen LogP contribution in [0.4, 0.5) is 0 Å². The fourth-order valence-corrected chi connectivity index (χ4v) is 3.03. The van der Waals surface area contributed by atoms with Crippen LogP contribution >= 0.6 is 0 Å². The number of rotatable bonds is 4. The van der Waals surface area contributed by atoms with E-state index in [1.54, 1.807) is 6.08 Å². The summed E-state index contributed by atoms with van der Waals surface area (Å²) in [6.45, 7) is 1.69. The van der Waals surface area contributed by atoms with Crippen molar-refractivity contribution in [1.29, 1.82) is 0 Å². The molecule has 106 valence electrons. The van der Waals surface area contributed by atoms with Gasteiger partial charge in [0.05, 0.1) is 6.10 Å². The minimum absolute atomic E-state index is 0.222. The molecule has 2 atom stereocenters. The van der Waals surface area contributed by atoms with Crippen LogP contribution in [0.15, 0.2) is 42.1 Å². The number of hydrogen-bond acceptors (Lipinski definition) is 3. The van der Waals surface area contributed by atoms with Gasteiger partial charge in [-0.05, 0) is 30.7 Å². The van der Waals surface area contributed by atoms with Gasteiger partial charge < -0.3 is 10.1 Å². The summed E-state index contributed by atoms with van der Waals surface area (Å²) >= 11 is 0. The molecule has 0 saturated carbocycles. The molecule has 0 spiro atoms. The van der Waals surface area contributed by atoms with Crippen molar-refractivity contribution in [3.63, 3.8) is 0 Å². The van der Waals surface area contributed by atoms with E-state index in [4.69, 9.17) is 4.74 Å². The number of hydrogen-bond donors (Lipinski definition) is 1. The maximum absolute atomic E-state index is 11.9. The number of ketones is 1.